The van der Waals surface area contributed by atoms with Crippen molar-refractivity contribution in [3.8, 4) is 5.75 Å². The lowest BCUT2D eigenvalue weighted by Crippen LogP contribution is -2.41. The second-order valence-corrected chi connectivity index (χ2v) is 5.23. The summed E-state index contributed by atoms with van der Waals surface area (Å²) < 4.78 is 23.7. The molecule has 17 heavy (non-hydrogen) atoms. The van der Waals surface area contributed by atoms with Crippen LogP contribution in [0.2, 0.25) is 0 Å². The van der Waals surface area contributed by atoms with Gasteiger partial charge in [0.25, 0.3) is 0 Å². The number of benzene rings is 1. The van der Waals surface area contributed by atoms with Crippen LogP contribution < -0.4 is 10.4 Å². The van der Waals surface area contributed by atoms with Crippen molar-refractivity contribution >= 4 is 12.6 Å². The van der Waals surface area contributed by atoms with Crippen molar-refractivity contribution in [1.82, 2.24) is 0 Å². The van der Waals surface area contributed by atoms with Gasteiger partial charge < -0.3 is 9.31 Å². The first-order valence-corrected chi connectivity index (χ1v) is 5.60. The maximum Gasteiger partial charge on any atom is 0.494 e. The highest BCUT2D eigenvalue weighted by atomic mass is 19.3. The number of hydrogen-bond donors (Lipinski definition) is 0. The van der Waals surface area contributed by atoms with E-state index in [0.29, 0.717) is 0 Å². The molecule has 1 heterocycles. The zero-order chi connectivity index (χ0) is 12.7. The van der Waals surface area contributed by atoms with E-state index in [1.165, 1.54) is 0 Å². The summed E-state index contributed by atoms with van der Waals surface area (Å²) in [6.45, 7) is 7.97. The highest BCUT2D eigenvalue weighted by Crippen LogP contribution is 2.36. The third kappa shape index (κ3) is 2.17. The van der Waals surface area contributed by atoms with Crippen molar-refractivity contribution in [3.63, 3.8) is 0 Å². The zero-order valence-electron chi connectivity index (χ0n) is 10.5. The minimum atomic E-state index is -0.423. The minimum Gasteiger partial charge on any atom is -0.399 e. The van der Waals surface area contributed by atoms with E-state index in [1.807, 2.05) is 27.7 Å². The lowest BCUT2D eigenvalue weighted by atomic mass is 9.79. The molecular formula is C12H16BFO3. The Morgan fingerprint density at radius 3 is 1.88 bits per heavy atom. The van der Waals surface area contributed by atoms with Gasteiger partial charge in [-0.2, -0.15) is 0 Å². The molecule has 0 unspecified atom stereocenters. The summed E-state index contributed by atoms with van der Waals surface area (Å²) in [5.74, 6) is 0.172. The summed E-state index contributed by atoms with van der Waals surface area (Å²) in [5.41, 5.74) is 0.115. The van der Waals surface area contributed by atoms with Crippen molar-refractivity contribution in [2.24, 2.45) is 0 Å². The molecule has 0 spiro atoms. The molecule has 92 valence electrons. The first-order valence-electron chi connectivity index (χ1n) is 5.60. The monoisotopic (exact) mass is 238 g/mol. The molecule has 0 radical (unpaired) electrons. The van der Waals surface area contributed by atoms with Crippen LogP contribution in [0, 0.1) is 0 Å². The lowest BCUT2D eigenvalue weighted by Gasteiger charge is -2.32. The second kappa shape index (κ2) is 4.00. The molecule has 0 saturated carbocycles. The van der Waals surface area contributed by atoms with Crippen molar-refractivity contribution < 1.29 is 18.8 Å². The van der Waals surface area contributed by atoms with Gasteiger partial charge in [-0.25, -0.2) is 0 Å². The Labute approximate surface area is 101 Å². The van der Waals surface area contributed by atoms with Gasteiger partial charge in [-0.05, 0) is 45.3 Å². The summed E-state index contributed by atoms with van der Waals surface area (Å²) in [4.78, 5) is 3.63. The van der Waals surface area contributed by atoms with Crippen LogP contribution in [0.25, 0.3) is 0 Å². The van der Waals surface area contributed by atoms with Crippen LogP contribution in [0.3, 0.4) is 0 Å². The fraction of sp³-hybridized carbons (Fsp3) is 0.500. The molecule has 1 aliphatic heterocycles. The Kier molecular flexibility index (Phi) is 2.91. The standard InChI is InChI=1S/C12H16BFO3/c1-11(2)12(3,4)17-13(16-11)9-5-7-10(15-14)8-6-9/h5-8H,1-4H3. The van der Waals surface area contributed by atoms with Crippen molar-refractivity contribution in [1.29, 1.82) is 0 Å². The van der Waals surface area contributed by atoms with Crippen LogP contribution in [0.4, 0.5) is 4.53 Å². The molecule has 0 aromatic heterocycles. The molecular weight excluding hydrogens is 222 g/mol. The van der Waals surface area contributed by atoms with E-state index in [9.17, 15) is 4.53 Å². The predicted molar refractivity (Wildman–Crippen MR) is 63.9 cm³/mol. The van der Waals surface area contributed by atoms with Gasteiger partial charge >= 0.3 is 7.12 Å². The van der Waals surface area contributed by atoms with E-state index >= 15 is 0 Å². The van der Waals surface area contributed by atoms with E-state index in [-0.39, 0.29) is 17.0 Å². The first-order chi connectivity index (χ1) is 7.86. The summed E-state index contributed by atoms with van der Waals surface area (Å²) in [6.07, 6.45) is 0. The first kappa shape index (κ1) is 12.4. The molecule has 1 aliphatic rings. The Morgan fingerprint density at radius 2 is 1.47 bits per heavy atom. The van der Waals surface area contributed by atoms with Gasteiger partial charge in [0.2, 0.25) is 0 Å². The molecule has 0 aliphatic carbocycles. The molecule has 0 amide bonds. The Hall–Kier alpha value is -1.07. The molecule has 1 saturated heterocycles. The van der Waals surface area contributed by atoms with Crippen LogP contribution in [0.1, 0.15) is 27.7 Å². The normalized spacial score (nSPS) is 21.6. The van der Waals surface area contributed by atoms with Gasteiger partial charge in [-0.3, -0.25) is 4.94 Å². The molecule has 0 N–H and O–H groups in total. The van der Waals surface area contributed by atoms with Gasteiger partial charge in [-0.1, -0.05) is 12.1 Å². The second-order valence-electron chi connectivity index (χ2n) is 5.23. The van der Waals surface area contributed by atoms with Gasteiger partial charge in [0.15, 0.2) is 5.75 Å². The molecule has 2 rings (SSSR count). The van der Waals surface area contributed by atoms with Crippen molar-refractivity contribution in [2.45, 2.75) is 38.9 Å². The van der Waals surface area contributed by atoms with E-state index in [4.69, 9.17) is 9.31 Å². The molecule has 1 fully saturated rings. The number of hydrogen-bond acceptors (Lipinski definition) is 3. The zero-order valence-corrected chi connectivity index (χ0v) is 10.5. The fourth-order valence-electron chi connectivity index (χ4n) is 1.66. The third-order valence-corrected chi connectivity index (χ3v) is 3.49. The number of halogens is 1. The van der Waals surface area contributed by atoms with E-state index < -0.39 is 7.12 Å². The van der Waals surface area contributed by atoms with Gasteiger partial charge in [0.1, 0.15) is 0 Å². The van der Waals surface area contributed by atoms with E-state index in [2.05, 4.69) is 4.94 Å². The van der Waals surface area contributed by atoms with Crippen molar-refractivity contribution in [3.05, 3.63) is 24.3 Å². The molecule has 5 heteroatoms. The smallest absolute Gasteiger partial charge is 0.399 e. The average molecular weight is 238 g/mol. The Bertz CT molecular complexity index is 387. The highest BCUT2D eigenvalue weighted by Gasteiger charge is 2.51. The summed E-state index contributed by atoms with van der Waals surface area (Å²) in [5, 5.41) is 0. The molecule has 1 aromatic carbocycles. The fourth-order valence-corrected chi connectivity index (χ4v) is 1.66. The van der Waals surface area contributed by atoms with Crippen LogP contribution in [-0.4, -0.2) is 18.3 Å². The van der Waals surface area contributed by atoms with Crippen LogP contribution >= 0.6 is 0 Å². The van der Waals surface area contributed by atoms with E-state index in [1.54, 1.807) is 24.3 Å². The summed E-state index contributed by atoms with van der Waals surface area (Å²) >= 11 is 0. The lowest BCUT2D eigenvalue weighted by molar-refractivity contribution is -0.00618. The predicted octanol–water partition coefficient (Wildman–Crippen LogP) is 2.25. The van der Waals surface area contributed by atoms with Crippen LogP contribution in [0.5, 0.6) is 5.75 Å². The molecule has 1 aromatic rings. The molecule has 3 nitrogen and oxygen atoms in total. The van der Waals surface area contributed by atoms with Crippen LogP contribution in [-0.2, 0) is 9.31 Å². The summed E-state index contributed by atoms with van der Waals surface area (Å²) in [7, 11) is -0.423. The van der Waals surface area contributed by atoms with Crippen LogP contribution in [0.15, 0.2) is 24.3 Å². The largest absolute Gasteiger partial charge is 0.494 e. The topological polar surface area (TPSA) is 27.7 Å². The number of rotatable bonds is 2. The Balaban J connectivity index is 2.20. The minimum absolute atomic E-state index is 0.172. The maximum atomic E-state index is 11.9. The Morgan fingerprint density at radius 1 is 1.00 bits per heavy atom. The third-order valence-electron chi connectivity index (χ3n) is 3.49. The van der Waals surface area contributed by atoms with Gasteiger partial charge in [-0.15, -0.1) is 0 Å². The molecule has 0 bridgehead atoms. The average Bonchev–Trinajstić information content (AvgIpc) is 2.48. The molecule has 0 atom stereocenters. The van der Waals surface area contributed by atoms with E-state index in [0.717, 1.165) is 5.46 Å². The quantitative estimate of drug-likeness (QED) is 0.739. The van der Waals surface area contributed by atoms with Gasteiger partial charge in [0.05, 0.1) is 11.2 Å². The maximum absolute atomic E-state index is 11.9. The SMILES string of the molecule is CC1(C)OB(c2ccc(OF)cc2)OC1(C)C. The highest BCUT2D eigenvalue weighted by molar-refractivity contribution is 6.62. The van der Waals surface area contributed by atoms with Gasteiger partial charge in [0, 0.05) is 4.53 Å². The summed E-state index contributed by atoms with van der Waals surface area (Å²) in [6, 6.07) is 6.55. The van der Waals surface area contributed by atoms with Crippen molar-refractivity contribution in [2.75, 3.05) is 0 Å².